The Bertz CT molecular complexity index is 1160. The van der Waals surface area contributed by atoms with Crippen molar-refractivity contribution in [3.63, 3.8) is 0 Å². The van der Waals surface area contributed by atoms with Crippen LogP contribution in [0.4, 0.5) is 10.5 Å². The van der Waals surface area contributed by atoms with Crippen molar-refractivity contribution in [1.29, 1.82) is 5.26 Å². The number of nitrogens with zero attached hydrogens (tertiary/aromatic N) is 3. The molecule has 1 aliphatic heterocycles. The number of aliphatic hydroxyl groups is 1. The van der Waals surface area contributed by atoms with Gasteiger partial charge in [-0.15, -0.1) is 0 Å². The van der Waals surface area contributed by atoms with Crippen molar-refractivity contribution in [2.45, 2.75) is 32.8 Å². The summed E-state index contributed by atoms with van der Waals surface area (Å²) in [5.41, 5.74) is 2.34. The third-order valence-corrected chi connectivity index (χ3v) is 6.86. The quantitative estimate of drug-likeness (QED) is 0.513. The lowest BCUT2D eigenvalue weighted by molar-refractivity contribution is -0.0138. The predicted molar refractivity (Wildman–Crippen MR) is 124 cm³/mol. The lowest BCUT2D eigenvalue weighted by Gasteiger charge is -2.43. The summed E-state index contributed by atoms with van der Waals surface area (Å²) in [6.07, 6.45) is 2.55. The molecular formula is C24H26ClN5O2. The van der Waals surface area contributed by atoms with Gasteiger partial charge in [0.1, 0.15) is 0 Å². The summed E-state index contributed by atoms with van der Waals surface area (Å²) in [6.45, 7) is 5.35. The molecule has 1 saturated heterocycles. The van der Waals surface area contributed by atoms with E-state index in [0.717, 1.165) is 29.3 Å². The molecule has 2 heterocycles. The molecule has 0 spiro atoms. The van der Waals surface area contributed by atoms with Crippen molar-refractivity contribution < 1.29 is 9.90 Å². The van der Waals surface area contributed by atoms with Gasteiger partial charge in [-0.05, 0) is 60.6 Å². The number of aromatic amines is 1. The first-order valence-electron chi connectivity index (χ1n) is 10.7. The molecular weight excluding hydrogens is 426 g/mol. The Morgan fingerprint density at radius 3 is 2.66 bits per heavy atom. The summed E-state index contributed by atoms with van der Waals surface area (Å²) < 4.78 is 0. The largest absolute Gasteiger partial charge is 0.388 e. The standard InChI is InChI=1S/C24H26ClN5O2/c1-24(2,22(31)20-12-18(25)11-16-14-27-29-21(16)20)17-7-9-30(10-8-17)23(32)28-19-5-3-15(13-26)4-6-19/h3-6,11-12,14,17,22,31H,7-10H2,1-2H3,(H,27,29)(H,28,32)/t22-/m1/s1. The zero-order chi connectivity index (χ0) is 22.9. The Morgan fingerprint density at radius 2 is 2.00 bits per heavy atom. The van der Waals surface area contributed by atoms with E-state index in [1.807, 2.05) is 6.07 Å². The second-order valence-corrected chi connectivity index (χ2v) is 9.37. The van der Waals surface area contributed by atoms with Gasteiger partial charge in [0, 0.05) is 34.7 Å². The molecule has 2 aromatic carbocycles. The van der Waals surface area contributed by atoms with Crippen LogP contribution in [0.3, 0.4) is 0 Å². The van der Waals surface area contributed by atoms with E-state index in [0.29, 0.717) is 29.4 Å². The van der Waals surface area contributed by atoms with Crippen LogP contribution >= 0.6 is 11.6 Å². The van der Waals surface area contributed by atoms with E-state index in [9.17, 15) is 9.90 Å². The number of halogens is 1. The van der Waals surface area contributed by atoms with E-state index in [4.69, 9.17) is 16.9 Å². The molecule has 0 aliphatic carbocycles. The lowest BCUT2D eigenvalue weighted by Crippen LogP contribution is -2.45. The summed E-state index contributed by atoms with van der Waals surface area (Å²) in [5.74, 6) is 0.230. The molecule has 4 rings (SSSR count). The smallest absolute Gasteiger partial charge is 0.321 e. The number of rotatable bonds is 4. The average Bonchev–Trinajstić information content (AvgIpc) is 3.27. The van der Waals surface area contributed by atoms with Gasteiger partial charge in [0.2, 0.25) is 0 Å². The van der Waals surface area contributed by atoms with Crippen molar-refractivity contribution in [3.05, 3.63) is 58.7 Å². The number of urea groups is 1. The number of nitrogens with one attached hydrogen (secondary N) is 2. The van der Waals surface area contributed by atoms with Crippen molar-refractivity contribution in [2.24, 2.45) is 11.3 Å². The summed E-state index contributed by atoms with van der Waals surface area (Å²) >= 11 is 6.28. The van der Waals surface area contributed by atoms with E-state index in [-0.39, 0.29) is 11.9 Å². The SMILES string of the molecule is CC(C)(C1CCN(C(=O)Nc2ccc(C#N)cc2)CC1)[C@H](O)c1cc(Cl)cc2cn[nH]c12. The number of piperidine rings is 1. The third kappa shape index (κ3) is 4.29. The maximum atomic E-state index is 12.7. The van der Waals surface area contributed by atoms with E-state index >= 15 is 0 Å². The van der Waals surface area contributed by atoms with Gasteiger partial charge in [-0.3, -0.25) is 5.10 Å². The fourth-order valence-electron chi connectivity index (χ4n) is 4.54. The first-order chi connectivity index (χ1) is 15.3. The molecule has 7 nitrogen and oxygen atoms in total. The summed E-state index contributed by atoms with van der Waals surface area (Å²) in [5, 5.41) is 31.6. The van der Waals surface area contributed by atoms with Gasteiger partial charge in [-0.1, -0.05) is 25.4 Å². The van der Waals surface area contributed by atoms with Crippen LogP contribution in [0.5, 0.6) is 0 Å². The van der Waals surface area contributed by atoms with Crippen LogP contribution in [0.1, 0.15) is 43.9 Å². The monoisotopic (exact) mass is 451 g/mol. The molecule has 0 saturated carbocycles. The van der Waals surface area contributed by atoms with Crippen molar-refractivity contribution >= 4 is 34.2 Å². The first-order valence-corrected chi connectivity index (χ1v) is 11.0. The molecule has 0 unspecified atom stereocenters. The van der Waals surface area contributed by atoms with Crippen LogP contribution in [-0.4, -0.2) is 39.3 Å². The van der Waals surface area contributed by atoms with Gasteiger partial charge in [0.15, 0.2) is 0 Å². The van der Waals surface area contributed by atoms with Crippen LogP contribution < -0.4 is 5.32 Å². The highest BCUT2D eigenvalue weighted by atomic mass is 35.5. The van der Waals surface area contributed by atoms with E-state index < -0.39 is 11.5 Å². The molecule has 3 aromatic rings. The summed E-state index contributed by atoms with van der Waals surface area (Å²) in [6, 6.07) is 12.4. The summed E-state index contributed by atoms with van der Waals surface area (Å²) in [4.78, 5) is 14.5. The molecule has 1 aromatic heterocycles. The maximum absolute atomic E-state index is 12.7. The highest BCUT2D eigenvalue weighted by Gasteiger charge is 2.40. The fourth-order valence-corrected chi connectivity index (χ4v) is 4.78. The molecule has 166 valence electrons. The number of hydrogen-bond donors (Lipinski definition) is 3. The number of carbonyl (C=O) groups is 1. The Labute approximate surface area is 192 Å². The zero-order valence-corrected chi connectivity index (χ0v) is 18.9. The zero-order valence-electron chi connectivity index (χ0n) is 18.1. The van der Waals surface area contributed by atoms with E-state index in [1.165, 1.54) is 0 Å². The maximum Gasteiger partial charge on any atom is 0.321 e. The predicted octanol–water partition coefficient (Wildman–Crippen LogP) is 5.09. The Hall–Kier alpha value is -3.08. The van der Waals surface area contributed by atoms with Gasteiger partial charge in [0.25, 0.3) is 0 Å². The van der Waals surface area contributed by atoms with Crippen LogP contribution in [0, 0.1) is 22.7 Å². The number of hydrogen-bond acceptors (Lipinski definition) is 4. The Kier molecular flexibility index (Phi) is 6.09. The molecule has 1 atom stereocenters. The number of benzene rings is 2. The lowest BCUT2D eigenvalue weighted by atomic mass is 9.68. The van der Waals surface area contributed by atoms with Crippen molar-refractivity contribution in [2.75, 3.05) is 18.4 Å². The normalized spacial score (nSPS) is 16.0. The van der Waals surface area contributed by atoms with Crippen LogP contribution in [0.25, 0.3) is 10.9 Å². The minimum atomic E-state index is -0.729. The molecule has 8 heteroatoms. The third-order valence-electron chi connectivity index (χ3n) is 6.64. The number of nitriles is 1. The molecule has 0 radical (unpaired) electrons. The number of fused-ring (bicyclic) bond motifs is 1. The Morgan fingerprint density at radius 1 is 1.31 bits per heavy atom. The second kappa shape index (κ2) is 8.81. The van der Waals surface area contributed by atoms with Gasteiger partial charge in [0.05, 0.1) is 29.5 Å². The number of H-pyrrole nitrogens is 1. The number of likely N-dealkylation sites (tertiary alicyclic amines) is 1. The molecule has 1 fully saturated rings. The van der Waals surface area contributed by atoms with Gasteiger partial charge < -0.3 is 15.3 Å². The minimum absolute atomic E-state index is 0.152. The fraction of sp³-hybridized carbons (Fsp3) is 0.375. The molecule has 2 amide bonds. The van der Waals surface area contributed by atoms with Gasteiger partial charge in [-0.25, -0.2) is 4.79 Å². The number of aliphatic hydroxyl groups excluding tert-OH is 1. The van der Waals surface area contributed by atoms with E-state index in [1.54, 1.807) is 41.4 Å². The van der Waals surface area contributed by atoms with Gasteiger partial charge in [-0.2, -0.15) is 10.4 Å². The first kappa shape index (κ1) is 22.1. The number of amides is 2. The van der Waals surface area contributed by atoms with Crippen LogP contribution in [0.15, 0.2) is 42.6 Å². The van der Waals surface area contributed by atoms with E-state index in [2.05, 4.69) is 35.4 Å². The number of aromatic nitrogens is 2. The van der Waals surface area contributed by atoms with Gasteiger partial charge >= 0.3 is 6.03 Å². The molecule has 32 heavy (non-hydrogen) atoms. The molecule has 1 aliphatic rings. The number of anilines is 1. The second-order valence-electron chi connectivity index (χ2n) is 8.93. The number of carbonyl (C=O) groups excluding carboxylic acids is 1. The average molecular weight is 452 g/mol. The van der Waals surface area contributed by atoms with Crippen molar-refractivity contribution in [1.82, 2.24) is 15.1 Å². The molecule has 3 N–H and O–H groups in total. The highest BCUT2D eigenvalue weighted by molar-refractivity contribution is 6.31. The Balaban J connectivity index is 1.41. The van der Waals surface area contributed by atoms with Crippen LogP contribution in [-0.2, 0) is 0 Å². The topological polar surface area (TPSA) is 105 Å². The van der Waals surface area contributed by atoms with Crippen molar-refractivity contribution in [3.8, 4) is 6.07 Å². The van der Waals surface area contributed by atoms with Crippen LogP contribution in [0.2, 0.25) is 5.02 Å². The highest BCUT2D eigenvalue weighted by Crippen LogP contribution is 2.46. The molecule has 0 bridgehead atoms. The summed E-state index contributed by atoms with van der Waals surface area (Å²) in [7, 11) is 0. The minimum Gasteiger partial charge on any atom is -0.388 e.